The molecule has 2 heterocycles. The molecule has 2 saturated heterocycles. The van der Waals surface area contributed by atoms with Crippen LogP contribution in [0.3, 0.4) is 0 Å². The maximum atomic E-state index is 12.3. The predicted octanol–water partition coefficient (Wildman–Crippen LogP) is 1.34. The van der Waals surface area contributed by atoms with Gasteiger partial charge >= 0.3 is 0 Å². The molecule has 2 aliphatic rings. The molecular weight excluding hydrogens is 220 g/mol. The van der Waals surface area contributed by atoms with Gasteiger partial charge in [-0.1, -0.05) is 13.8 Å². The molecule has 3 nitrogen and oxygen atoms in total. The summed E-state index contributed by atoms with van der Waals surface area (Å²) >= 11 is 2.00. The van der Waals surface area contributed by atoms with E-state index in [1.807, 2.05) is 11.8 Å². The third kappa shape index (κ3) is 2.92. The minimum Gasteiger partial charge on any atom is -0.340 e. The van der Waals surface area contributed by atoms with Crippen molar-refractivity contribution in [2.75, 3.05) is 26.2 Å². The van der Waals surface area contributed by atoms with Gasteiger partial charge in [0, 0.05) is 30.1 Å². The molecule has 3 atom stereocenters. The molecule has 0 aliphatic carbocycles. The highest BCUT2D eigenvalue weighted by atomic mass is 32.2. The minimum atomic E-state index is 0.233. The van der Waals surface area contributed by atoms with Crippen LogP contribution in [0.5, 0.6) is 0 Å². The Morgan fingerprint density at radius 2 is 2.00 bits per heavy atom. The molecule has 2 rings (SSSR count). The maximum absolute atomic E-state index is 12.3. The van der Waals surface area contributed by atoms with E-state index in [1.54, 1.807) is 0 Å². The summed E-state index contributed by atoms with van der Waals surface area (Å²) < 4.78 is 0. The van der Waals surface area contributed by atoms with E-state index in [9.17, 15) is 4.79 Å². The van der Waals surface area contributed by atoms with Gasteiger partial charge in [-0.05, 0) is 19.4 Å². The number of nitrogens with one attached hydrogen (secondary N) is 1. The van der Waals surface area contributed by atoms with Crippen molar-refractivity contribution >= 4 is 17.7 Å². The standard InChI is InChI=1S/C12H22N2OS/c1-9-7-14(8-10(2)16-9)12(15)11-4-3-5-13-6-11/h9-11,13H,3-8H2,1-2H3/t9?,10?,11-/m0/s1. The van der Waals surface area contributed by atoms with Gasteiger partial charge in [0.2, 0.25) is 5.91 Å². The molecule has 0 saturated carbocycles. The number of carbonyl (C=O) groups excluding carboxylic acids is 1. The molecule has 2 fully saturated rings. The molecule has 1 N–H and O–H groups in total. The maximum Gasteiger partial charge on any atom is 0.227 e. The topological polar surface area (TPSA) is 32.3 Å². The van der Waals surface area contributed by atoms with Gasteiger partial charge in [-0.15, -0.1) is 0 Å². The Kier molecular flexibility index (Phi) is 4.14. The normalized spacial score (nSPS) is 36.1. The Bertz CT molecular complexity index is 243. The summed E-state index contributed by atoms with van der Waals surface area (Å²) in [5, 5.41) is 4.50. The lowest BCUT2D eigenvalue weighted by atomic mass is 9.98. The van der Waals surface area contributed by atoms with Gasteiger partial charge in [0.25, 0.3) is 0 Å². The molecule has 0 aromatic heterocycles. The molecule has 0 spiro atoms. The smallest absolute Gasteiger partial charge is 0.227 e. The molecule has 2 aliphatic heterocycles. The van der Waals surface area contributed by atoms with E-state index in [4.69, 9.17) is 0 Å². The van der Waals surface area contributed by atoms with Crippen LogP contribution in [0.25, 0.3) is 0 Å². The minimum absolute atomic E-state index is 0.233. The van der Waals surface area contributed by atoms with Crippen LogP contribution in [0.2, 0.25) is 0 Å². The molecule has 0 bridgehead atoms. The monoisotopic (exact) mass is 242 g/mol. The first-order chi connectivity index (χ1) is 7.66. The zero-order valence-corrected chi connectivity index (χ0v) is 11.1. The fourth-order valence-corrected chi connectivity index (χ4v) is 4.00. The number of hydrogen-bond donors (Lipinski definition) is 1. The molecule has 1 amide bonds. The molecular formula is C12H22N2OS. The number of piperidine rings is 1. The summed E-state index contributed by atoms with van der Waals surface area (Å²) in [5.74, 6) is 0.613. The van der Waals surface area contributed by atoms with Crippen molar-refractivity contribution in [3.63, 3.8) is 0 Å². The van der Waals surface area contributed by atoms with Crippen LogP contribution in [0.4, 0.5) is 0 Å². The lowest BCUT2D eigenvalue weighted by Crippen LogP contribution is -2.49. The van der Waals surface area contributed by atoms with E-state index in [-0.39, 0.29) is 5.92 Å². The second-order valence-electron chi connectivity index (χ2n) is 5.04. The third-order valence-electron chi connectivity index (χ3n) is 3.38. The quantitative estimate of drug-likeness (QED) is 0.753. The molecule has 2 unspecified atom stereocenters. The van der Waals surface area contributed by atoms with Gasteiger partial charge in [0.05, 0.1) is 5.92 Å². The molecule has 0 aromatic rings. The number of thioether (sulfide) groups is 1. The van der Waals surface area contributed by atoms with E-state index in [1.165, 1.54) is 0 Å². The Hall–Kier alpha value is -0.220. The van der Waals surface area contributed by atoms with Crippen LogP contribution in [0.15, 0.2) is 0 Å². The van der Waals surface area contributed by atoms with Crippen LogP contribution in [0, 0.1) is 5.92 Å². The zero-order valence-electron chi connectivity index (χ0n) is 10.2. The fraction of sp³-hybridized carbons (Fsp3) is 0.917. The van der Waals surface area contributed by atoms with E-state index < -0.39 is 0 Å². The molecule has 92 valence electrons. The van der Waals surface area contributed by atoms with Gasteiger partial charge in [0.1, 0.15) is 0 Å². The zero-order chi connectivity index (χ0) is 11.5. The first kappa shape index (κ1) is 12.2. The van der Waals surface area contributed by atoms with Gasteiger partial charge in [-0.2, -0.15) is 11.8 Å². The third-order valence-corrected chi connectivity index (χ3v) is 4.60. The van der Waals surface area contributed by atoms with Crippen LogP contribution < -0.4 is 5.32 Å². The van der Waals surface area contributed by atoms with E-state index in [0.29, 0.717) is 16.4 Å². The van der Waals surface area contributed by atoms with Gasteiger partial charge < -0.3 is 10.2 Å². The number of hydrogen-bond acceptors (Lipinski definition) is 3. The predicted molar refractivity (Wildman–Crippen MR) is 68.7 cm³/mol. The van der Waals surface area contributed by atoms with Crippen LogP contribution in [0.1, 0.15) is 26.7 Å². The number of carbonyl (C=O) groups is 1. The van der Waals surface area contributed by atoms with Crippen molar-refractivity contribution in [2.45, 2.75) is 37.2 Å². The summed E-state index contributed by atoms with van der Waals surface area (Å²) in [6.07, 6.45) is 2.21. The number of amides is 1. The highest BCUT2D eigenvalue weighted by Crippen LogP contribution is 2.26. The SMILES string of the molecule is CC1CN(C(=O)[C@H]2CCCNC2)CC(C)S1. The summed E-state index contributed by atoms with van der Waals surface area (Å²) in [6, 6.07) is 0. The Labute approximate surface area is 102 Å². The average molecular weight is 242 g/mol. The van der Waals surface area contributed by atoms with Gasteiger partial charge in [0.15, 0.2) is 0 Å². The van der Waals surface area contributed by atoms with E-state index in [2.05, 4.69) is 24.1 Å². The Morgan fingerprint density at radius 3 is 2.56 bits per heavy atom. The van der Waals surface area contributed by atoms with Crippen molar-refractivity contribution in [3.05, 3.63) is 0 Å². The lowest BCUT2D eigenvalue weighted by molar-refractivity contribution is -0.136. The van der Waals surface area contributed by atoms with Crippen molar-refractivity contribution in [3.8, 4) is 0 Å². The summed E-state index contributed by atoms with van der Waals surface area (Å²) in [6.45, 7) is 8.27. The lowest BCUT2D eigenvalue weighted by Gasteiger charge is -2.37. The second-order valence-corrected chi connectivity index (χ2v) is 6.93. The van der Waals surface area contributed by atoms with Crippen molar-refractivity contribution in [2.24, 2.45) is 5.92 Å². The molecule has 0 aromatic carbocycles. The van der Waals surface area contributed by atoms with Crippen molar-refractivity contribution in [1.82, 2.24) is 10.2 Å². The Morgan fingerprint density at radius 1 is 1.31 bits per heavy atom. The summed E-state index contributed by atoms with van der Waals surface area (Å²) in [7, 11) is 0. The van der Waals surface area contributed by atoms with Gasteiger partial charge in [-0.25, -0.2) is 0 Å². The molecule has 4 heteroatoms. The average Bonchev–Trinajstić information content (AvgIpc) is 2.28. The summed E-state index contributed by atoms with van der Waals surface area (Å²) in [4.78, 5) is 14.4. The molecule has 0 radical (unpaired) electrons. The van der Waals surface area contributed by atoms with E-state index >= 15 is 0 Å². The first-order valence-electron chi connectivity index (χ1n) is 6.32. The highest BCUT2D eigenvalue weighted by Gasteiger charge is 2.30. The largest absolute Gasteiger partial charge is 0.340 e. The molecule has 16 heavy (non-hydrogen) atoms. The Balaban J connectivity index is 1.92. The van der Waals surface area contributed by atoms with Crippen LogP contribution in [-0.2, 0) is 4.79 Å². The van der Waals surface area contributed by atoms with Crippen LogP contribution in [-0.4, -0.2) is 47.5 Å². The number of nitrogens with zero attached hydrogens (tertiary/aromatic N) is 1. The summed E-state index contributed by atoms with van der Waals surface area (Å²) in [5.41, 5.74) is 0. The fourth-order valence-electron chi connectivity index (χ4n) is 2.68. The first-order valence-corrected chi connectivity index (χ1v) is 7.26. The van der Waals surface area contributed by atoms with Gasteiger partial charge in [-0.3, -0.25) is 4.79 Å². The highest BCUT2D eigenvalue weighted by molar-refractivity contribution is 8.00. The van der Waals surface area contributed by atoms with E-state index in [0.717, 1.165) is 39.0 Å². The number of rotatable bonds is 1. The van der Waals surface area contributed by atoms with Crippen molar-refractivity contribution in [1.29, 1.82) is 0 Å². The second kappa shape index (κ2) is 5.41. The van der Waals surface area contributed by atoms with Crippen LogP contribution >= 0.6 is 11.8 Å². The van der Waals surface area contributed by atoms with Crippen molar-refractivity contribution < 1.29 is 4.79 Å².